The van der Waals surface area contributed by atoms with Gasteiger partial charge >= 0.3 is 0 Å². The average Bonchev–Trinajstić information content (AvgIpc) is 2.49. The van der Waals surface area contributed by atoms with Gasteiger partial charge in [0.25, 0.3) is 5.56 Å². The zero-order valence-corrected chi connectivity index (χ0v) is 13.5. The molecule has 0 saturated carbocycles. The van der Waals surface area contributed by atoms with Crippen LogP contribution in [-0.2, 0) is 13.1 Å². The molecule has 1 heterocycles. The van der Waals surface area contributed by atoms with Gasteiger partial charge in [-0.3, -0.25) is 4.79 Å². The number of rotatable bonds is 6. The maximum atomic E-state index is 12.5. The SMILES string of the molecule is CCCn1c(-c2cccc(OC(C)C)c2)ccc(CN)c1=O. The molecule has 0 aliphatic heterocycles. The fourth-order valence-corrected chi connectivity index (χ4v) is 2.48. The third kappa shape index (κ3) is 3.57. The molecule has 2 aromatic rings. The van der Waals surface area contributed by atoms with E-state index in [1.54, 1.807) is 4.57 Å². The highest BCUT2D eigenvalue weighted by Crippen LogP contribution is 2.24. The molecule has 0 unspecified atom stereocenters. The minimum atomic E-state index is -0.00275. The lowest BCUT2D eigenvalue weighted by molar-refractivity contribution is 0.242. The predicted molar refractivity (Wildman–Crippen MR) is 90.1 cm³/mol. The zero-order chi connectivity index (χ0) is 16.1. The van der Waals surface area contributed by atoms with Gasteiger partial charge in [-0.1, -0.05) is 25.1 Å². The van der Waals surface area contributed by atoms with Crippen LogP contribution in [0.3, 0.4) is 0 Å². The van der Waals surface area contributed by atoms with E-state index in [9.17, 15) is 4.79 Å². The molecule has 2 rings (SSSR count). The van der Waals surface area contributed by atoms with Gasteiger partial charge in [-0.15, -0.1) is 0 Å². The van der Waals surface area contributed by atoms with Crippen molar-refractivity contribution in [3.63, 3.8) is 0 Å². The lowest BCUT2D eigenvalue weighted by atomic mass is 10.1. The fraction of sp³-hybridized carbons (Fsp3) is 0.389. The standard InChI is InChI=1S/C18H24N2O2/c1-4-10-20-17(9-8-15(12-19)18(20)21)14-6-5-7-16(11-14)22-13(2)3/h5-9,11,13H,4,10,12,19H2,1-3H3. The molecule has 1 aromatic carbocycles. The van der Waals surface area contributed by atoms with Crippen LogP contribution in [0.5, 0.6) is 5.75 Å². The van der Waals surface area contributed by atoms with Crippen LogP contribution in [0.25, 0.3) is 11.3 Å². The third-order valence-electron chi connectivity index (χ3n) is 3.42. The van der Waals surface area contributed by atoms with Crippen molar-refractivity contribution in [2.75, 3.05) is 0 Å². The van der Waals surface area contributed by atoms with Crippen molar-refractivity contribution in [3.8, 4) is 17.0 Å². The molecule has 0 spiro atoms. The quantitative estimate of drug-likeness (QED) is 0.891. The van der Waals surface area contributed by atoms with Crippen LogP contribution in [0.15, 0.2) is 41.2 Å². The molecule has 0 radical (unpaired) electrons. The Hall–Kier alpha value is -2.07. The Morgan fingerprint density at radius 3 is 2.64 bits per heavy atom. The maximum Gasteiger partial charge on any atom is 0.255 e. The van der Waals surface area contributed by atoms with Crippen molar-refractivity contribution < 1.29 is 4.74 Å². The van der Waals surface area contributed by atoms with E-state index in [0.29, 0.717) is 12.1 Å². The number of benzene rings is 1. The normalized spacial score (nSPS) is 11.0. The molecule has 118 valence electrons. The van der Waals surface area contributed by atoms with E-state index in [1.165, 1.54) is 0 Å². The number of ether oxygens (including phenoxy) is 1. The van der Waals surface area contributed by atoms with Crippen LogP contribution in [0.4, 0.5) is 0 Å². The number of aromatic nitrogens is 1. The van der Waals surface area contributed by atoms with E-state index < -0.39 is 0 Å². The molecule has 0 atom stereocenters. The number of nitrogens with zero attached hydrogens (tertiary/aromatic N) is 1. The molecule has 0 aliphatic rings. The van der Waals surface area contributed by atoms with Gasteiger partial charge in [-0.2, -0.15) is 0 Å². The number of hydrogen-bond donors (Lipinski definition) is 1. The molecule has 0 aliphatic carbocycles. The summed E-state index contributed by atoms with van der Waals surface area (Å²) >= 11 is 0. The van der Waals surface area contributed by atoms with Crippen LogP contribution < -0.4 is 16.0 Å². The third-order valence-corrected chi connectivity index (χ3v) is 3.42. The van der Waals surface area contributed by atoms with Gasteiger partial charge in [0.2, 0.25) is 0 Å². The summed E-state index contributed by atoms with van der Waals surface area (Å²) in [5.41, 5.74) is 8.17. The van der Waals surface area contributed by atoms with E-state index in [0.717, 1.165) is 23.4 Å². The van der Waals surface area contributed by atoms with Crippen LogP contribution in [0.2, 0.25) is 0 Å². The zero-order valence-electron chi connectivity index (χ0n) is 13.5. The van der Waals surface area contributed by atoms with E-state index in [2.05, 4.69) is 6.92 Å². The van der Waals surface area contributed by atoms with Crippen molar-refractivity contribution in [1.29, 1.82) is 0 Å². The van der Waals surface area contributed by atoms with Crippen molar-refractivity contribution in [1.82, 2.24) is 4.57 Å². The van der Waals surface area contributed by atoms with E-state index in [-0.39, 0.29) is 18.2 Å². The molecule has 1 aromatic heterocycles. The second-order valence-electron chi connectivity index (χ2n) is 5.60. The molecule has 0 fully saturated rings. The summed E-state index contributed by atoms with van der Waals surface area (Å²) in [6.07, 6.45) is 1.01. The van der Waals surface area contributed by atoms with Crippen molar-refractivity contribution in [2.45, 2.75) is 46.4 Å². The summed E-state index contributed by atoms with van der Waals surface area (Å²) in [4.78, 5) is 12.5. The topological polar surface area (TPSA) is 57.2 Å². The molecule has 0 amide bonds. The molecule has 4 heteroatoms. The van der Waals surface area contributed by atoms with E-state index in [1.807, 2.05) is 50.2 Å². The summed E-state index contributed by atoms with van der Waals surface area (Å²) in [5, 5.41) is 0. The first-order valence-corrected chi connectivity index (χ1v) is 7.76. The Morgan fingerprint density at radius 1 is 1.23 bits per heavy atom. The average molecular weight is 300 g/mol. The lowest BCUT2D eigenvalue weighted by Crippen LogP contribution is -2.26. The number of pyridine rings is 1. The highest BCUT2D eigenvalue weighted by atomic mass is 16.5. The van der Waals surface area contributed by atoms with Crippen molar-refractivity contribution >= 4 is 0 Å². The molecular weight excluding hydrogens is 276 g/mol. The van der Waals surface area contributed by atoms with Crippen LogP contribution in [-0.4, -0.2) is 10.7 Å². The smallest absolute Gasteiger partial charge is 0.255 e. The predicted octanol–water partition coefficient (Wildman–Crippen LogP) is 3.17. The van der Waals surface area contributed by atoms with Crippen LogP contribution in [0, 0.1) is 0 Å². The largest absolute Gasteiger partial charge is 0.491 e. The summed E-state index contributed by atoms with van der Waals surface area (Å²) in [7, 11) is 0. The maximum absolute atomic E-state index is 12.5. The van der Waals surface area contributed by atoms with Gasteiger partial charge in [0.15, 0.2) is 0 Å². The van der Waals surface area contributed by atoms with Gasteiger partial charge in [0.1, 0.15) is 5.75 Å². The molecular formula is C18H24N2O2. The minimum absolute atomic E-state index is 0.00275. The summed E-state index contributed by atoms with van der Waals surface area (Å²) in [5.74, 6) is 0.811. The summed E-state index contributed by atoms with van der Waals surface area (Å²) in [6, 6.07) is 11.6. The first-order chi connectivity index (χ1) is 10.6. The Morgan fingerprint density at radius 2 is 2.00 bits per heavy atom. The minimum Gasteiger partial charge on any atom is -0.491 e. The summed E-state index contributed by atoms with van der Waals surface area (Å²) in [6.45, 7) is 6.99. The molecule has 2 N–H and O–H groups in total. The van der Waals surface area contributed by atoms with Crippen LogP contribution in [0.1, 0.15) is 32.8 Å². The molecule has 0 saturated heterocycles. The molecule has 4 nitrogen and oxygen atoms in total. The molecule has 0 bridgehead atoms. The first-order valence-electron chi connectivity index (χ1n) is 7.76. The van der Waals surface area contributed by atoms with E-state index in [4.69, 9.17) is 10.5 Å². The van der Waals surface area contributed by atoms with Gasteiger partial charge < -0.3 is 15.0 Å². The Labute approximate surface area is 131 Å². The second kappa shape index (κ2) is 7.27. The fourth-order valence-electron chi connectivity index (χ4n) is 2.48. The number of hydrogen-bond acceptors (Lipinski definition) is 3. The summed E-state index contributed by atoms with van der Waals surface area (Å²) < 4.78 is 7.55. The Balaban J connectivity index is 2.52. The monoisotopic (exact) mass is 300 g/mol. The highest BCUT2D eigenvalue weighted by molar-refractivity contribution is 5.62. The Kier molecular flexibility index (Phi) is 5.39. The van der Waals surface area contributed by atoms with Crippen LogP contribution >= 0.6 is 0 Å². The van der Waals surface area contributed by atoms with Crippen molar-refractivity contribution in [3.05, 3.63) is 52.3 Å². The number of nitrogens with two attached hydrogens (primary N) is 1. The highest BCUT2D eigenvalue weighted by Gasteiger charge is 2.10. The lowest BCUT2D eigenvalue weighted by Gasteiger charge is -2.15. The van der Waals surface area contributed by atoms with Gasteiger partial charge in [0.05, 0.1) is 11.8 Å². The van der Waals surface area contributed by atoms with E-state index >= 15 is 0 Å². The van der Waals surface area contributed by atoms with Gasteiger partial charge in [0, 0.05) is 24.2 Å². The Bertz CT molecular complexity index is 690. The van der Waals surface area contributed by atoms with Gasteiger partial charge in [-0.25, -0.2) is 0 Å². The second-order valence-corrected chi connectivity index (χ2v) is 5.60. The van der Waals surface area contributed by atoms with Crippen molar-refractivity contribution in [2.24, 2.45) is 5.73 Å². The first kappa shape index (κ1) is 16.3. The molecule has 22 heavy (non-hydrogen) atoms. The van der Waals surface area contributed by atoms with Gasteiger partial charge in [-0.05, 0) is 38.5 Å².